The minimum absolute atomic E-state index is 0.0458. The Morgan fingerprint density at radius 1 is 0.883 bits per heavy atom. The molecule has 0 spiro atoms. The molecule has 2 aromatic heterocycles. The Hall–Kier alpha value is -5.15. The first-order valence-electron chi connectivity index (χ1n) is 22.0. The lowest BCUT2D eigenvalue weighted by Gasteiger charge is -2.44. The molecule has 10 rings (SSSR count). The summed E-state index contributed by atoms with van der Waals surface area (Å²) in [5, 5.41) is 11.1. The van der Waals surface area contributed by atoms with E-state index >= 15 is 4.39 Å². The molecule has 60 heavy (non-hydrogen) atoms. The molecule has 5 fully saturated rings. The molecular weight excluding hydrogens is 764 g/mol. The van der Waals surface area contributed by atoms with Crippen LogP contribution < -0.4 is 19.9 Å². The number of piperidine rings is 3. The van der Waals surface area contributed by atoms with Crippen molar-refractivity contribution >= 4 is 40.1 Å². The Labute approximate surface area is 349 Å². The van der Waals surface area contributed by atoms with Crippen LogP contribution in [0.3, 0.4) is 0 Å². The van der Waals surface area contributed by atoms with Crippen LogP contribution in [0, 0.1) is 17.7 Å². The third kappa shape index (κ3) is 7.70. The van der Waals surface area contributed by atoms with Crippen LogP contribution in [-0.4, -0.2) is 129 Å². The average Bonchev–Trinajstić information content (AvgIpc) is 3.66. The number of benzene rings is 2. The molecule has 1 saturated carbocycles. The highest BCUT2D eigenvalue weighted by Gasteiger charge is 2.42. The van der Waals surface area contributed by atoms with Crippen LogP contribution in [0.15, 0.2) is 42.7 Å². The van der Waals surface area contributed by atoms with Crippen molar-refractivity contribution in [1.82, 2.24) is 40.2 Å². The number of nitrogens with one attached hydrogen (secondary N) is 2. The van der Waals surface area contributed by atoms with Crippen molar-refractivity contribution in [3.05, 3.63) is 59.7 Å². The molecule has 0 radical (unpaired) electrons. The Kier molecular flexibility index (Phi) is 10.2. The first-order chi connectivity index (χ1) is 29.1. The number of aromatic nitrogens is 4. The number of anilines is 2. The van der Waals surface area contributed by atoms with E-state index in [1.807, 2.05) is 12.1 Å². The standard InChI is InChI=1S/C45H55FN10O4/c1-28-23-52(24-29-9-15-53(16-10-29)37-6-4-32-34(41(37)46)26-56(44(32)59)38-7-8-40(57)49-43(38)58)19-20-55(28)25-30-11-17-54(18-12-30)39-22-36(47-27-48-39)42-33-21-31(60-45(2)13-14-45)3-5-35(33)50-51-42/h3-6,21-22,27-30,38H,7-20,23-26H2,1-2H3,(H,50,51)(H,49,57,58)/t28-,38?/m0/s1. The molecule has 4 aromatic rings. The zero-order valence-electron chi connectivity index (χ0n) is 34.7. The number of hydrogen-bond acceptors (Lipinski definition) is 11. The van der Waals surface area contributed by atoms with Gasteiger partial charge in [-0.3, -0.25) is 29.7 Å². The highest BCUT2D eigenvalue weighted by molar-refractivity contribution is 6.05. The summed E-state index contributed by atoms with van der Waals surface area (Å²) in [5.74, 6) is 1.50. The van der Waals surface area contributed by atoms with Gasteiger partial charge in [-0.1, -0.05) is 0 Å². The van der Waals surface area contributed by atoms with Gasteiger partial charge in [-0.05, 0) is 101 Å². The van der Waals surface area contributed by atoms with Gasteiger partial charge in [0.1, 0.15) is 35.2 Å². The third-order valence-corrected chi connectivity index (χ3v) is 14.1. The third-order valence-electron chi connectivity index (χ3n) is 14.1. The van der Waals surface area contributed by atoms with Gasteiger partial charge >= 0.3 is 0 Å². The number of piperazine rings is 1. The summed E-state index contributed by atoms with van der Waals surface area (Å²) in [5.41, 5.74) is 3.75. The van der Waals surface area contributed by atoms with Crippen LogP contribution in [0.1, 0.15) is 81.1 Å². The lowest BCUT2D eigenvalue weighted by molar-refractivity contribution is -0.136. The molecule has 5 aliphatic heterocycles. The topological polar surface area (TPSA) is 143 Å². The minimum Gasteiger partial charge on any atom is -0.488 e. The van der Waals surface area contributed by atoms with E-state index in [4.69, 9.17) is 4.74 Å². The normalized spacial score (nSPS) is 24.3. The van der Waals surface area contributed by atoms with Crippen molar-refractivity contribution in [1.29, 1.82) is 0 Å². The summed E-state index contributed by atoms with van der Waals surface area (Å²) in [6.45, 7) is 13.5. The van der Waals surface area contributed by atoms with E-state index in [9.17, 15) is 14.4 Å². The molecule has 7 heterocycles. The summed E-state index contributed by atoms with van der Waals surface area (Å²) in [6, 6.07) is 11.4. The zero-order chi connectivity index (χ0) is 41.1. The SMILES string of the molecule is C[C@H]1CN(CC2CCN(c3ccc4c(c3F)CN(C3CCC(=O)NC3=O)C4=O)CC2)CCN1CC1CCN(c2cc(-c3n[nH]c4ccc(OC5(C)CC5)cc34)ncn2)CC1. The summed E-state index contributed by atoms with van der Waals surface area (Å²) >= 11 is 0. The molecule has 4 saturated heterocycles. The van der Waals surface area contributed by atoms with Gasteiger partial charge < -0.3 is 24.3 Å². The van der Waals surface area contributed by atoms with Crippen molar-refractivity contribution in [3.8, 4) is 17.1 Å². The maximum absolute atomic E-state index is 16.0. The predicted octanol–water partition coefficient (Wildman–Crippen LogP) is 4.99. The van der Waals surface area contributed by atoms with Gasteiger partial charge in [0.2, 0.25) is 11.8 Å². The molecule has 3 amide bonds. The Balaban J connectivity index is 0.680. The van der Waals surface area contributed by atoms with Crippen molar-refractivity contribution in [3.63, 3.8) is 0 Å². The number of hydrogen-bond donors (Lipinski definition) is 2. The van der Waals surface area contributed by atoms with Crippen LogP contribution in [0.2, 0.25) is 0 Å². The first-order valence-corrected chi connectivity index (χ1v) is 22.0. The summed E-state index contributed by atoms with van der Waals surface area (Å²) < 4.78 is 22.2. The van der Waals surface area contributed by atoms with E-state index in [-0.39, 0.29) is 42.6 Å². The number of imide groups is 1. The molecule has 6 aliphatic rings. The van der Waals surface area contributed by atoms with Crippen molar-refractivity contribution in [2.24, 2.45) is 11.8 Å². The van der Waals surface area contributed by atoms with Gasteiger partial charge in [0.05, 0.1) is 23.4 Å². The van der Waals surface area contributed by atoms with Crippen LogP contribution in [-0.2, 0) is 16.1 Å². The summed E-state index contributed by atoms with van der Waals surface area (Å²) in [4.78, 5) is 57.8. The van der Waals surface area contributed by atoms with E-state index in [2.05, 4.69) is 71.1 Å². The fourth-order valence-electron chi connectivity index (χ4n) is 10.2. The van der Waals surface area contributed by atoms with Gasteiger partial charge in [0.25, 0.3) is 5.91 Å². The summed E-state index contributed by atoms with van der Waals surface area (Å²) in [7, 11) is 0. The lowest BCUT2D eigenvalue weighted by atomic mass is 9.93. The highest BCUT2D eigenvalue weighted by atomic mass is 19.1. The number of ether oxygens (including phenoxy) is 1. The maximum atomic E-state index is 16.0. The second-order valence-electron chi connectivity index (χ2n) is 18.4. The molecule has 14 nitrogen and oxygen atoms in total. The number of aromatic amines is 1. The molecule has 2 atom stereocenters. The predicted molar refractivity (Wildman–Crippen MR) is 225 cm³/mol. The lowest BCUT2D eigenvalue weighted by Crippen LogP contribution is -2.54. The van der Waals surface area contributed by atoms with E-state index in [0.29, 0.717) is 34.7 Å². The second kappa shape index (κ2) is 15.7. The molecule has 316 valence electrons. The minimum atomic E-state index is -0.753. The smallest absolute Gasteiger partial charge is 0.255 e. The van der Waals surface area contributed by atoms with E-state index < -0.39 is 11.9 Å². The Morgan fingerprint density at radius 2 is 1.65 bits per heavy atom. The van der Waals surface area contributed by atoms with Gasteiger partial charge in [0.15, 0.2) is 5.82 Å². The number of carbonyl (C=O) groups excluding carboxylic acids is 3. The van der Waals surface area contributed by atoms with E-state index in [1.54, 1.807) is 18.5 Å². The Morgan fingerprint density at radius 3 is 2.40 bits per heavy atom. The molecule has 2 N–H and O–H groups in total. The number of H-pyrrole nitrogens is 1. The molecule has 15 heteroatoms. The quantitative estimate of drug-likeness (QED) is 0.209. The van der Waals surface area contributed by atoms with Gasteiger partial charge in [-0.2, -0.15) is 5.10 Å². The van der Waals surface area contributed by atoms with Crippen LogP contribution in [0.25, 0.3) is 22.3 Å². The molecule has 2 aromatic carbocycles. The number of halogens is 1. The summed E-state index contributed by atoms with van der Waals surface area (Å²) in [6.07, 6.45) is 8.52. The fraction of sp³-hybridized carbons (Fsp3) is 0.556. The monoisotopic (exact) mass is 818 g/mol. The van der Waals surface area contributed by atoms with Crippen molar-refractivity contribution < 1.29 is 23.5 Å². The van der Waals surface area contributed by atoms with E-state index in [0.717, 1.165) is 131 Å². The fourth-order valence-corrected chi connectivity index (χ4v) is 10.2. The number of nitrogens with zero attached hydrogens (tertiary/aromatic N) is 8. The second-order valence-corrected chi connectivity index (χ2v) is 18.4. The van der Waals surface area contributed by atoms with Crippen molar-refractivity contribution in [2.75, 3.05) is 68.7 Å². The van der Waals surface area contributed by atoms with Gasteiger partial charge in [-0.15, -0.1) is 0 Å². The van der Waals surface area contributed by atoms with E-state index in [1.165, 1.54) is 4.90 Å². The number of fused-ring (bicyclic) bond motifs is 2. The molecular formula is C45H55FN10O4. The van der Waals surface area contributed by atoms with Crippen LogP contribution in [0.4, 0.5) is 15.9 Å². The number of rotatable bonds is 10. The maximum Gasteiger partial charge on any atom is 0.255 e. The molecule has 1 unspecified atom stereocenters. The largest absolute Gasteiger partial charge is 0.488 e. The molecule has 1 aliphatic carbocycles. The molecule has 0 bridgehead atoms. The first kappa shape index (κ1) is 39.0. The van der Waals surface area contributed by atoms with Crippen LogP contribution in [0.5, 0.6) is 5.75 Å². The zero-order valence-corrected chi connectivity index (χ0v) is 34.7. The Bertz CT molecular complexity index is 2300. The van der Waals surface area contributed by atoms with Gasteiger partial charge in [0, 0.05) is 93.9 Å². The number of amides is 3. The average molecular weight is 819 g/mol. The van der Waals surface area contributed by atoms with Gasteiger partial charge in [-0.25, -0.2) is 14.4 Å². The van der Waals surface area contributed by atoms with Crippen molar-refractivity contribution in [2.45, 2.75) is 89.4 Å². The number of carbonyl (C=O) groups is 3. The highest BCUT2D eigenvalue weighted by Crippen LogP contribution is 2.41. The van der Waals surface area contributed by atoms with Crippen LogP contribution >= 0.6 is 0 Å².